The van der Waals surface area contributed by atoms with E-state index >= 15 is 0 Å². The first-order valence-electron chi connectivity index (χ1n) is 7.87. The average molecular weight is 317 g/mol. The molecule has 3 nitrogen and oxygen atoms in total. The summed E-state index contributed by atoms with van der Waals surface area (Å²) in [5, 5.41) is 2.94. The molecular weight excluding hydrogens is 298 g/mol. The van der Waals surface area contributed by atoms with Gasteiger partial charge in [0.25, 0.3) is 5.91 Å². The van der Waals surface area contributed by atoms with Crippen LogP contribution in [-0.4, -0.2) is 5.91 Å². The van der Waals surface area contributed by atoms with E-state index in [0.717, 1.165) is 11.1 Å². The molecule has 0 spiro atoms. The Labute approximate surface area is 141 Å². The van der Waals surface area contributed by atoms with Gasteiger partial charge in [0.2, 0.25) is 0 Å². The maximum absolute atomic E-state index is 12.5. The molecule has 0 saturated carbocycles. The van der Waals surface area contributed by atoms with Crippen LogP contribution in [0.15, 0.2) is 78.9 Å². The van der Waals surface area contributed by atoms with Gasteiger partial charge in [-0.05, 0) is 36.2 Å². The molecule has 0 unspecified atom stereocenters. The molecule has 3 aromatic rings. The van der Waals surface area contributed by atoms with Gasteiger partial charge in [0.15, 0.2) is 0 Å². The molecule has 120 valence electrons. The van der Waals surface area contributed by atoms with Gasteiger partial charge in [-0.2, -0.15) is 0 Å². The van der Waals surface area contributed by atoms with Crippen molar-refractivity contribution in [1.29, 1.82) is 0 Å². The fraction of sp³-hybridized carbons (Fsp3) is 0.0952. The highest BCUT2D eigenvalue weighted by atomic mass is 16.5. The monoisotopic (exact) mass is 317 g/mol. The third-order valence-corrected chi connectivity index (χ3v) is 3.76. The van der Waals surface area contributed by atoms with Gasteiger partial charge in [-0.3, -0.25) is 4.79 Å². The van der Waals surface area contributed by atoms with E-state index in [1.165, 1.54) is 0 Å². The van der Waals surface area contributed by atoms with Crippen molar-refractivity contribution in [3.05, 3.63) is 95.6 Å². The van der Waals surface area contributed by atoms with Crippen molar-refractivity contribution < 1.29 is 9.53 Å². The number of benzene rings is 3. The van der Waals surface area contributed by atoms with E-state index in [1.54, 1.807) is 0 Å². The second-order valence-corrected chi connectivity index (χ2v) is 5.54. The predicted molar refractivity (Wildman–Crippen MR) is 96.3 cm³/mol. The third kappa shape index (κ3) is 3.82. The van der Waals surface area contributed by atoms with Crippen molar-refractivity contribution in [2.75, 3.05) is 5.32 Å². The predicted octanol–water partition coefficient (Wildman–Crippen LogP) is 4.83. The summed E-state index contributed by atoms with van der Waals surface area (Å²) >= 11 is 0. The van der Waals surface area contributed by atoms with Gasteiger partial charge in [-0.15, -0.1) is 0 Å². The number of hydrogen-bond acceptors (Lipinski definition) is 2. The Morgan fingerprint density at radius 1 is 0.875 bits per heavy atom. The molecule has 3 heteroatoms. The lowest BCUT2D eigenvalue weighted by atomic mass is 10.1. The van der Waals surface area contributed by atoms with Crippen LogP contribution >= 0.6 is 0 Å². The zero-order chi connectivity index (χ0) is 16.8. The Morgan fingerprint density at radius 3 is 2.33 bits per heavy atom. The van der Waals surface area contributed by atoms with Crippen LogP contribution in [-0.2, 0) is 6.61 Å². The summed E-state index contributed by atoms with van der Waals surface area (Å²) in [6.45, 7) is 2.38. The lowest BCUT2D eigenvalue weighted by molar-refractivity contribution is 0.102. The Hall–Kier alpha value is -3.07. The van der Waals surface area contributed by atoms with Gasteiger partial charge in [0, 0.05) is 5.56 Å². The first-order chi connectivity index (χ1) is 11.7. The summed E-state index contributed by atoms with van der Waals surface area (Å²) in [4.78, 5) is 12.5. The van der Waals surface area contributed by atoms with Gasteiger partial charge in [-0.1, -0.05) is 60.7 Å². The minimum atomic E-state index is -0.135. The SMILES string of the molecule is Cc1ccccc1C(=O)Nc1ccccc1OCc1ccccc1. The lowest BCUT2D eigenvalue weighted by Gasteiger charge is -2.13. The highest BCUT2D eigenvalue weighted by molar-refractivity contribution is 6.05. The number of nitrogens with one attached hydrogen (secondary N) is 1. The van der Waals surface area contributed by atoms with Crippen molar-refractivity contribution in [1.82, 2.24) is 0 Å². The number of para-hydroxylation sites is 2. The van der Waals surface area contributed by atoms with Gasteiger partial charge in [0.1, 0.15) is 12.4 Å². The molecule has 0 atom stereocenters. The smallest absolute Gasteiger partial charge is 0.256 e. The van der Waals surface area contributed by atoms with Crippen LogP contribution < -0.4 is 10.1 Å². The number of hydrogen-bond donors (Lipinski definition) is 1. The van der Waals surface area contributed by atoms with Crippen LogP contribution in [0.5, 0.6) is 5.75 Å². The van der Waals surface area contributed by atoms with E-state index in [9.17, 15) is 4.79 Å². The molecule has 0 radical (unpaired) electrons. The van der Waals surface area contributed by atoms with Crippen molar-refractivity contribution in [3.63, 3.8) is 0 Å². The van der Waals surface area contributed by atoms with Crippen LogP contribution in [0.2, 0.25) is 0 Å². The van der Waals surface area contributed by atoms with E-state index < -0.39 is 0 Å². The molecule has 24 heavy (non-hydrogen) atoms. The summed E-state index contributed by atoms with van der Waals surface area (Å²) < 4.78 is 5.88. The van der Waals surface area contributed by atoms with Crippen LogP contribution in [0, 0.1) is 6.92 Å². The number of carbonyl (C=O) groups excluding carboxylic acids is 1. The molecule has 3 aromatic carbocycles. The van der Waals surface area contributed by atoms with Gasteiger partial charge >= 0.3 is 0 Å². The van der Waals surface area contributed by atoms with Crippen molar-refractivity contribution >= 4 is 11.6 Å². The Morgan fingerprint density at radius 2 is 1.54 bits per heavy atom. The fourth-order valence-electron chi connectivity index (χ4n) is 2.45. The molecule has 0 bridgehead atoms. The van der Waals surface area contributed by atoms with E-state index in [1.807, 2.05) is 85.8 Å². The third-order valence-electron chi connectivity index (χ3n) is 3.76. The molecule has 0 heterocycles. The van der Waals surface area contributed by atoms with E-state index in [4.69, 9.17) is 4.74 Å². The van der Waals surface area contributed by atoms with Crippen LogP contribution in [0.3, 0.4) is 0 Å². The first kappa shape index (κ1) is 15.8. The minimum absolute atomic E-state index is 0.135. The van der Waals surface area contributed by atoms with E-state index in [-0.39, 0.29) is 5.91 Å². The standard InChI is InChI=1S/C21H19NO2/c1-16-9-5-6-12-18(16)21(23)22-19-13-7-8-14-20(19)24-15-17-10-3-2-4-11-17/h2-14H,15H2,1H3,(H,22,23). The molecule has 0 aliphatic carbocycles. The van der Waals surface area contributed by atoms with Crippen molar-refractivity contribution in [2.45, 2.75) is 13.5 Å². The zero-order valence-electron chi connectivity index (χ0n) is 13.5. The number of amides is 1. The number of aryl methyl sites for hydroxylation is 1. The van der Waals surface area contributed by atoms with Crippen LogP contribution in [0.25, 0.3) is 0 Å². The quantitative estimate of drug-likeness (QED) is 0.732. The lowest BCUT2D eigenvalue weighted by Crippen LogP contribution is -2.14. The second-order valence-electron chi connectivity index (χ2n) is 5.54. The van der Waals surface area contributed by atoms with Crippen molar-refractivity contribution in [2.24, 2.45) is 0 Å². The van der Waals surface area contributed by atoms with E-state index in [2.05, 4.69) is 5.32 Å². The number of ether oxygens (including phenoxy) is 1. The summed E-state index contributed by atoms with van der Waals surface area (Å²) in [5.41, 5.74) is 3.35. The molecule has 0 aliphatic heterocycles. The number of carbonyl (C=O) groups is 1. The summed E-state index contributed by atoms with van der Waals surface area (Å²) in [7, 11) is 0. The van der Waals surface area contributed by atoms with Gasteiger partial charge < -0.3 is 10.1 Å². The summed E-state index contributed by atoms with van der Waals surface area (Å²) in [6.07, 6.45) is 0. The van der Waals surface area contributed by atoms with E-state index in [0.29, 0.717) is 23.6 Å². The fourth-order valence-corrected chi connectivity index (χ4v) is 2.45. The Kier molecular flexibility index (Phi) is 4.92. The molecular formula is C21H19NO2. The first-order valence-corrected chi connectivity index (χ1v) is 7.87. The molecule has 0 saturated heterocycles. The van der Waals surface area contributed by atoms with Gasteiger partial charge in [0.05, 0.1) is 5.69 Å². The normalized spacial score (nSPS) is 10.2. The Bertz CT molecular complexity index is 828. The highest BCUT2D eigenvalue weighted by Crippen LogP contribution is 2.25. The molecule has 1 amide bonds. The van der Waals surface area contributed by atoms with Crippen molar-refractivity contribution in [3.8, 4) is 5.75 Å². The number of rotatable bonds is 5. The van der Waals surface area contributed by atoms with Crippen LogP contribution in [0.4, 0.5) is 5.69 Å². The molecule has 3 rings (SSSR count). The maximum Gasteiger partial charge on any atom is 0.256 e. The summed E-state index contributed by atoms with van der Waals surface area (Å²) in [5.74, 6) is 0.521. The largest absolute Gasteiger partial charge is 0.487 e. The molecule has 0 aliphatic rings. The molecule has 0 aromatic heterocycles. The Balaban J connectivity index is 1.74. The molecule has 0 fully saturated rings. The average Bonchev–Trinajstić information content (AvgIpc) is 2.62. The maximum atomic E-state index is 12.5. The zero-order valence-corrected chi connectivity index (χ0v) is 13.5. The highest BCUT2D eigenvalue weighted by Gasteiger charge is 2.11. The summed E-state index contributed by atoms with van der Waals surface area (Å²) in [6, 6.07) is 24.9. The topological polar surface area (TPSA) is 38.3 Å². The van der Waals surface area contributed by atoms with Gasteiger partial charge in [-0.25, -0.2) is 0 Å². The minimum Gasteiger partial charge on any atom is -0.487 e. The second kappa shape index (κ2) is 7.47. The molecule has 1 N–H and O–H groups in total. The number of anilines is 1. The van der Waals surface area contributed by atoms with Crippen LogP contribution in [0.1, 0.15) is 21.5 Å².